The number of benzene rings is 2. The molecule has 2 aromatic carbocycles. The highest BCUT2D eigenvalue weighted by molar-refractivity contribution is 6.03. The monoisotopic (exact) mass is 345 g/mol. The normalized spacial score (nSPS) is 11.1. The average Bonchev–Trinajstić information content (AvgIpc) is 3.03. The molecule has 4 heteroatoms. The van der Waals surface area contributed by atoms with Crippen molar-refractivity contribution in [2.24, 2.45) is 7.05 Å². The molecule has 0 fully saturated rings. The highest BCUT2D eigenvalue weighted by Gasteiger charge is 2.11. The van der Waals surface area contributed by atoms with E-state index in [1.807, 2.05) is 19.1 Å². The predicted molar refractivity (Wildman–Crippen MR) is 107 cm³/mol. The van der Waals surface area contributed by atoms with Gasteiger partial charge in [0.2, 0.25) is 0 Å². The van der Waals surface area contributed by atoms with E-state index < -0.39 is 0 Å². The first-order valence-corrected chi connectivity index (χ1v) is 8.60. The molecular weight excluding hydrogens is 322 g/mol. The number of amides is 1. The molecule has 0 saturated heterocycles. The maximum atomic E-state index is 12.3. The highest BCUT2D eigenvalue weighted by Crippen LogP contribution is 2.21. The lowest BCUT2D eigenvalue weighted by Crippen LogP contribution is -2.16. The Balaban J connectivity index is 1.78. The van der Waals surface area contributed by atoms with Gasteiger partial charge in [-0.1, -0.05) is 36.4 Å². The number of aryl methyl sites for hydroxylation is 4. The Morgan fingerprint density at radius 2 is 1.73 bits per heavy atom. The van der Waals surface area contributed by atoms with Crippen LogP contribution in [0, 0.1) is 20.8 Å². The first kappa shape index (κ1) is 17.7. The summed E-state index contributed by atoms with van der Waals surface area (Å²) < 4.78 is 1.56. The number of hydrogen-bond acceptors (Lipinski definition) is 2. The summed E-state index contributed by atoms with van der Waals surface area (Å²) in [4.78, 5) is 12.3. The zero-order valence-electron chi connectivity index (χ0n) is 15.6. The SMILES string of the molecule is Cc1cc(/C=C/c2c(C)cccc2C)ccc1NC(=O)c1ccnn1C. The second-order valence-corrected chi connectivity index (χ2v) is 6.51. The summed E-state index contributed by atoms with van der Waals surface area (Å²) in [6.45, 7) is 6.24. The van der Waals surface area contributed by atoms with Gasteiger partial charge in [0.05, 0.1) is 0 Å². The van der Waals surface area contributed by atoms with Crippen molar-refractivity contribution in [3.63, 3.8) is 0 Å². The van der Waals surface area contributed by atoms with Gasteiger partial charge in [-0.05, 0) is 66.8 Å². The van der Waals surface area contributed by atoms with E-state index in [0.717, 1.165) is 16.8 Å². The van der Waals surface area contributed by atoms with Gasteiger partial charge in [-0.15, -0.1) is 0 Å². The van der Waals surface area contributed by atoms with E-state index in [4.69, 9.17) is 0 Å². The smallest absolute Gasteiger partial charge is 0.273 e. The van der Waals surface area contributed by atoms with Crippen LogP contribution in [0.1, 0.15) is 38.3 Å². The first-order valence-electron chi connectivity index (χ1n) is 8.60. The molecule has 4 nitrogen and oxygen atoms in total. The summed E-state index contributed by atoms with van der Waals surface area (Å²) in [5.74, 6) is -0.160. The Kier molecular flexibility index (Phi) is 5.03. The largest absolute Gasteiger partial charge is 0.320 e. The second-order valence-electron chi connectivity index (χ2n) is 6.51. The molecule has 1 N–H and O–H groups in total. The minimum atomic E-state index is -0.160. The van der Waals surface area contributed by atoms with Gasteiger partial charge in [-0.2, -0.15) is 5.10 Å². The minimum Gasteiger partial charge on any atom is -0.320 e. The van der Waals surface area contributed by atoms with Crippen LogP contribution in [0.25, 0.3) is 12.2 Å². The standard InChI is InChI=1S/C22H23N3O/c1-15-6-5-7-16(2)19(15)10-8-18-9-11-20(17(3)14-18)24-22(26)21-12-13-23-25(21)4/h5-14H,1-4H3,(H,24,26)/b10-8+. The lowest BCUT2D eigenvalue weighted by molar-refractivity contribution is 0.101. The van der Waals surface area contributed by atoms with Crippen LogP contribution in [0.2, 0.25) is 0 Å². The van der Waals surface area contributed by atoms with E-state index in [1.165, 1.54) is 16.7 Å². The van der Waals surface area contributed by atoms with Crippen LogP contribution in [-0.4, -0.2) is 15.7 Å². The number of nitrogens with one attached hydrogen (secondary N) is 1. The predicted octanol–water partition coefficient (Wildman–Crippen LogP) is 4.77. The van der Waals surface area contributed by atoms with Crippen LogP contribution in [0.3, 0.4) is 0 Å². The van der Waals surface area contributed by atoms with Gasteiger partial charge in [0.1, 0.15) is 5.69 Å². The third-order valence-electron chi connectivity index (χ3n) is 4.54. The van der Waals surface area contributed by atoms with Gasteiger partial charge in [0.15, 0.2) is 0 Å². The summed E-state index contributed by atoms with van der Waals surface area (Å²) in [5, 5.41) is 6.98. The minimum absolute atomic E-state index is 0.160. The quantitative estimate of drug-likeness (QED) is 0.693. The third-order valence-corrected chi connectivity index (χ3v) is 4.54. The summed E-state index contributed by atoms with van der Waals surface area (Å²) in [7, 11) is 1.75. The van der Waals surface area contributed by atoms with E-state index in [-0.39, 0.29) is 5.91 Å². The van der Waals surface area contributed by atoms with Gasteiger partial charge >= 0.3 is 0 Å². The molecule has 0 unspecified atom stereocenters. The Morgan fingerprint density at radius 1 is 1.00 bits per heavy atom. The van der Waals surface area contributed by atoms with E-state index >= 15 is 0 Å². The van der Waals surface area contributed by atoms with Gasteiger partial charge in [0.25, 0.3) is 5.91 Å². The van der Waals surface area contributed by atoms with E-state index in [2.05, 4.69) is 60.7 Å². The van der Waals surface area contributed by atoms with Crippen LogP contribution >= 0.6 is 0 Å². The van der Waals surface area contributed by atoms with Gasteiger partial charge in [0, 0.05) is 18.9 Å². The molecule has 1 amide bonds. The fourth-order valence-electron chi connectivity index (χ4n) is 2.98. The Labute approximate surface area is 154 Å². The third kappa shape index (κ3) is 3.75. The Hall–Kier alpha value is -3.14. The van der Waals surface area contributed by atoms with E-state index in [0.29, 0.717) is 5.69 Å². The van der Waals surface area contributed by atoms with Crippen molar-refractivity contribution in [3.8, 4) is 0 Å². The summed E-state index contributed by atoms with van der Waals surface area (Å²) in [5.41, 5.74) is 7.23. The molecule has 0 spiro atoms. The van der Waals surface area contributed by atoms with Crippen molar-refractivity contribution >= 4 is 23.7 Å². The van der Waals surface area contributed by atoms with Crippen molar-refractivity contribution in [3.05, 3.63) is 82.2 Å². The number of anilines is 1. The van der Waals surface area contributed by atoms with Crippen molar-refractivity contribution in [1.82, 2.24) is 9.78 Å². The Bertz CT molecular complexity index is 963. The summed E-state index contributed by atoms with van der Waals surface area (Å²) in [6.07, 6.45) is 5.87. The molecule has 1 aromatic heterocycles. The number of nitrogens with zero attached hydrogens (tertiary/aromatic N) is 2. The van der Waals surface area contributed by atoms with Crippen LogP contribution in [-0.2, 0) is 7.05 Å². The van der Waals surface area contributed by atoms with Gasteiger partial charge in [-0.3, -0.25) is 9.48 Å². The van der Waals surface area contributed by atoms with E-state index in [1.54, 1.807) is 24.0 Å². The fraction of sp³-hybridized carbons (Fsp3) is 0.182. The molecule has 0 aliphatic rings. The number of carbonyl (C=O) groups is 1. The number of rotatable bonds is 4. The summed E-state index contributed by atoms with van der Waals surface area (Å²) >= 11 is 0. The van der Waals surface area contributed by atoms with Crippen molar-refractivity contribution in [2.45, 2.75) is 20.8 Å². The zero-order chi connectivity index (χ0) is 18.7. The number of aromatic nitrogens is 2. The maximum Gasteiger partial charge on any atom is 0.273 e. The molecule has 0 bridgehead atoms. The molecule has 3 aromatic rings. The van der Waals surface area contributed by atoms with Crippen LogP contribution in [0.4, 0.5) is 5.69 Å². The van der Waals surface area contributed by atoms with Crippen molar-refractivity contribution in [2.75, 3.05) is 5.32 Å². The summed E-state index contributed by atoms with van der Waals surface area (Å²) in [6, 6.07) is 14.0. The molecule has 0 saturated carbocycles. The lowest BCUT2D eigenvalue weighted by atomic mass is 10.0. The van der Waals surface area contributed by atoms with Gasteiger partial charge in [-0.25, -0.2) is 0 Å². The molecule has 0 atom stereocenters. The first-order chi connectivity index (χ1) is 12.5. The Morgan fingerprint density at radius 3 is 2.35 bits per heavy atom. The van der Waals surface area contributed by atoms with Crippen molar-refractivity contribution < 1.29 is 4.79 Å². The molecule has 0 radical (unpaired) electrons. The highest BCUT2D eigenvalue weighted by atomic mass is 16.2. The van der Waals surface area contributed by atoms with Crippen LogP contribution < -0.4 is 5.32 Å². The molecule has 26 heavy (non-hydrogen) atoms. The lowest BCUT2D eigenvalue weighted by Gasteiger charge is -2.09. The molecular formula is C22H23N3O. The molecule has 132 valence electrons. The van der Waals surface area contributed by atoms with Gasteiger partial charge < -0.3 is 5.32 Å². The van der Waals surface area contributed by atoms with E-state index in [9.17, 15) is 4.79 Å². The fourth-order valence-corrected chi connectivity index (χ4v) is 2.98. The molecule has 1 heterocycles. The van der Waals surface area contributed by atoms with Crippen molar-refractivity contribution in [1.29, 1.82) is 0 Å². The van der Waals surface area contributed by atoms with Crippen LogP contribution in [0.5, 0.6) is 0 Å². The molecule has 0 aliphatic heterocycles. The number of carbonyl (C=O) groups excluding carboxylic acids is 1. The zero-order valence-corrected chi connectivity index (χ0v) is 15.6. The van der Waals surface area contributed by atoms with Crippen LogP contribution in [0.15, 0.2) is 48.7 Å². The molecule has 0 aliphatic carbocycles. The number of hydrogen-bond donors (Lipinski definition) is 1. The topological polar surface area (TPSA) is 46.9 Å². The molecule has 3 rings (SSSR count). The average molecular weight is 345 g/mol. The second kappa shape index (κ2) is 7.40. The maximum absolute atomic E-state index is 12.3.